The summed E-state index contributed by atoms with van der Waals surface area (Å²) in [7, 11) is 0. The molecule has 1 aromatic carbocycles. The Labute approximate surface area is 109 Å². The molecular formula is C13H13ClFNS. The summed E-state index contributed by atoms with van der Waals surface area (Å²) in [6.07, 6.45) is 0. The molecule has 2 aromatic rings. The molecule has 0 spiro atoms. The van der Waals surface area contributed by atoms with Gasteiger partial charge in [-0.15, -0.1) is 11.3 Å². The van der Waals surface area contributed by atoms with Gasteiger partial charge < -0.3 is 5.32 Å². The predicted molar refractivity (Wildman–Crippen MR) is 72.5 cm³/mol. The number of aryl methyl sites for hydroxylation is 1. The molecule has 0 saturated carbocycles. The van der Waals surface area contributed by atoms with Gasteiger partial charge in [0.25, 0.3) is 0 Å². The lowest BCUT2D eigenvalue weighted by molar-refractivity contribution is 0.628. The summed E-state index contributed by atoms with van der Waals surface area (Å²) >= 11 is 7.67. The smallest absolute Gasteiger partial charge is 0.147 e. The van der Waals surface area contributed by atoms with Crippen molar-refractivity contribution in [1.29, 1.82) is 0 Å². The molecule has 1 nitrogen and oxygen atoms in total. The van der Waals surface area contributed by atoms with Crippen LogP contribution in [-0.2, 0) is 0 Å². The van der Waals surface area contributed by atoms with Crippen molar-refractivity contribution in [2.45, 2.75) is 19.9 Å². The zero-order valence-corrected chi connectivity index (χ0v) is 11.2. The summed E-state index contributed by atoms with van der Waals surface area (Å²) in [5.74, 6) is -0.322. The van der Waals surface area contributed by atoms with Crippen molar-refractivity contribution in [3.8, 4) is 0 Å². The molecule has 1 atom stereocenters. The monoisotopic (exact) mass is 269 g/mol. The zero-order valence-electron chi connectivity index (χ0n) is 9.63. The second-order valence-electron chi connectivity index (χ2n) is 3.91. The number of halogens is 2. The molecule has 4 heteroatoms. The van der Waals surface area contributed by atoms with Crippen LogP contribution in [0.25, 0.3) is 0 Å². The van der Waals surface area contributed by atoms with Gasteiger partial charge in [-0.25, -0.2) is 4.39 Å². The van der Waals surface area contributed by atoms with Crippen LogP contribution in [0.1, 0.15) is 22.7 Å². The van der Waals surface area contributed by atoms with Gasteiger partial charge in [-0.1, -0.05) is 17.7 Å². The molecule has 0 fully saturated rings. The normalized spacial score (nSPS) is 12.5. The first-order valence-corrected chi connectivity index (χ1v) is 6.54. The van der Waals surface area contributed by atoms with Gasteiger partial charge in [-0.3, -0.25) is 0 Å². The van der Waals surface area contributed by atoms with E-state index < -0.39 is 0 Å². The predicted octanol–water partition coefficient (Wildman–Crippen LogP) is 5.02. The lowest BCUT2D eigenvalue weighted by atomic mass is 10.2. The lowest BCUT2D eigenvalue weighted by Gasteiger charge is -2.15. The van der Waals surface area contributed by atoms with Crippen LogP contribution in [0.5, 0.6) is 0 Å². The summed E-state index contributed by atoms with van der Waals surface area (Å²) in [5, 5.41) is 3.52. The van der Waals surface area contributed by atoms with E-state index in [9.17, 15) is 4.39 Å². The van der Waals surface area contributed by atoms with Gasteiger partial charge in [0.1, 0.15) is 5.82 Å². The Hall–Kier alpha value is -1.06. The number of hydrogen-bond donors (Lipinski definition) is 1. The van der Waals surface area contributed by atoms with Crippen molar-refractivity contribution in [2.75, 3.05) is 5.32 Å². The highest BCUT2D eigenvalue weighted by Gasteiger charge is 2.12. The van der Waals surface area contributed by atoms with Crippen molar-refractivity contribution in [3.05, 3.63) is 50.9 Å². The van der Waals surface area contributed by atoms with Crippen LogP contribution in [0, 0.1) is 12.7 Å². The number of para-hydroxylation sites is 1. The average molecular weight is 270 g/mol. The second kappa shape index (κ2) is 5.07. The van der Waals surface area contributed by atoms with Crippen LogP contribution in [0.3, 0.4) is 0 Å². The number of benzene rings is 1. The molecule has 2 rings (SSSR count). The van der Waals surface area contributed by atoms with Gasteiger partial charge >= 0.3 is 0 Å². The standard InChI is InChI=1S/C13H13ClFNS/c1-8-6-7-12(17-8)9(2)16-13-10(14)4-3-5-11(13)15/h3-7,9,16H,1-2H3. The van der Waals surface area contributed by atoms with Crippen LogP contribution >= 0.6 is 22.9 Å². The second-order valence-corrected chi connectivity index (χ2v) is 5.64. The number of thiophene rings is 1. The first-order valence-electron chi connectivity index (χ1n) is 5.35. The first kappa shape index (κ1) is 12.4. The van der Waals surface area contributed by atoms with E-state index in [4.69, 9.17) is 11.6 Å². The van der Waals surface area contributed by atoms with Gasteiger partial charge in [0.2, 0.25) is 0 Å². The Bertz CT molecular complexity index is 504. The molecule has 1 aromatic heterocycles. The Morgan fingerprint density at radius 3 is 2.65 bits per heavy atom. The molecule has 0 amide bonds. The Balaban J connectivity index is 2.21. The Morgan fingerprint density at radius 1 is 1.29 bits per heavy atom. The van der Waals surface area contributed by atoms with Gasteiger partial charge in [0.05, 0.1) is 16.8 Å². The Morgan fingerprint density at radius 2 is 2.06 bits per heavy atom. The number of rotatable bonds is 3. The number of nitrogens with one attached hydrogen (secondary N) is 1. The third-order valence-corrected chi connectivity index (χ3v) is 4.01. The first-order chi connectivity index (χ1) is 8.08. The molecular weight excluding hydrogens is 257 g/mol. The molecule has 0 aliphatic heterocycles. The van der Waals surface area contributed by atoms with Crippen molar-refractivity contribution in [3.63, 3.8) is 0 Å². The number of anilines is 1. The maximum absolute atomic E-state index is 13.6. The van der Waals surface area contributed by atoms with Crippen LogP contribution in [0.2, 0.25) is 5.02 Å². The van der Waals surface area contributed by atoms with E-state index in [1.165, 1.54) is 15.8 Å². The summed E-state index contributed by atoms with van der Waals surface area (Å²) in [4.78, 5) is 2.41. The molecule has 17 heavy (non-hydrogen) atoms. The number of hydrogen-bond acceptors (Lipinski definition) is 2. The molecule has 1 heterocycles. The Kier molecular flexibility index (Phi) is 3.69. The maximum atomic E-state index is 13.6. The van der Waals surface area contributed by atoms with E-state index in [1.54, 1.807) is 23.5 Å². The summed E-state index contributed by atoms with van der Waals surface area (Å²) in [6.45, 7) is 4.05. The fourth-order valence-corrected chi connectivity index (χ4v) is 2.71. The molecule has 0 aliphatic carbocycles. The quantitative estimate of drug-likeness (QED) is 0.825. The van der Waals surface area contributed by atoms with Crippen molar-refractivity contribution in [2.24, 2.45) is 0 Å². The van der Waals surface area contributed by atoms with E-state index in [1.807, 2.05) is 13.0 Å². The fourth-order valence-electron chi connectivity index (χ4n) is 1.61. The van der Waals surface area contributed by atoms with E-state index in [0.717, 1.165) is 0 Å². The largest absolute Gasteiger partial charge is 0.374 e. The zero-order chi connectivity index (χ0) is 12.4. The fraction of sp³-hybridized carbons (Fsp3) is 0.231. The van der Waals surface area contributed by atoms with E-state index in [0.29, 0.717) is 10.7 Å². The molecule has 0 radical (unpaired) electrons. The van der Waals surface area contributed by atoms with Gasteiger partial charge in [-0.05, 0) is 38.1 Å². The van der Waals surface area contributed by atoms with E-state index in [2.05, 4.69) is 18.3 Å². The minimum Gasteiger partial charge on any atom is -0.374 e. The average Bonchev–Trinajstić information content (AvgIpc) is 2.70. The molecule has 90 valence electrons. The molecule has 0 aliphatic rings. The van der Waals surface area contributed by atoms with E-state index >= 15 is 0 Å². The molecule has 0 bridgehead atoms. The van der Waals surface area contributed by atoms with Crippen LogP contribution < -0.4 is 5.32 Å². The van der Waals surface area contributed by atoms with Crippen LogP contribution in [-0.4, -0.2) is 0 Å². The summed E-state index contributed by atoms with van der Waals surface area (Å²) in [6, 6.07) is 8.83. The minimum atomic E-state index is -0.322. The van der Waals surface area contributed by atoms with E-state index in [-0.39, 0.29) is 11.9 Å². The minimum absolute atomic E-state index is 0.0445. The molecule has 1 unspecified atom stereocenters. The van der Waals surface area contributed by atoms with Gasteiger partial charge in [0.15, 0.2) is 0 Å². The third kappa shape index (κ3) is 2.79. The van der Waals surface area contributed by atoms with Crippen molar-refractivity contribution in [1.82, 2.24) is 0 Å². The topological polar surface area (TPSA) is 12.0 Å². The van der Waals surface area contributed by atoms with Crippen molar-refractivity contribution >= 4 is 28.6 Å². The summed E-state index contributed by atoms with van der Waals surface area (Å²) < 4.78 is 13.6. The van der Waals surface area contributed by atoms with Crippen LogP contribution in [0.15, 0.2) is 30.3 Å². The highest BCUT2D eigenvalue weighted by Crippen LogP contribution is 2.30. The van der Waals surface area contributed by atoms with Gasteiger partial charge in [-0.2, -0.15) is 0 Å². The highest BCUT2D eigenvalue weighted by molar-refractivity contribution is 7.12. The van der Waals surface area contributed by atoms with Gasteiger partial charge in [0, 0.05) is 9.75 Å². The SMILES string of the molecule is Cc1ccc(C(C)Nc2c(F)cccc2Cl)s1. The molecule has 1 N–H and O–H groups in total. The maximum Gasteiger partial charge on any atom is 0.147 e. The van der Waals surface area contributed by atoms with Crippen LogP contribution in [0.4, 0.5) is 10.1 Å². The third-order valence-electron chi connectivity index (χ3n) is 2.51. The highest BCUT2D eigenvalue weighted by atomic mass is 35.5. The molecule has 0 saturated heterocycles. The lowest BCUT2D eigenvalue weighted by Crippen LogP contribution is -2.06. The summed E-state index contributed by atoms with van der Waals surface area (Å²) in [5.41, 5.74) is 0.368. The van der Waals surface area contributed by atoms with Crippen molar-refractivity contribution < 1.29 is 4.39 Å².